The minimum absolute atomic E-state index is 0.0269. The summed E-state index contributed by atoms with van der Waals surface area (Å²) in [5.74, 6) is 1.26. The number of benzene rings is 2. The number of aromatic nitrogens is 1. The van der Waals surface area contributed by atoms with Gasteiger partial charge in [0.05, 0.1) is 33.5 Å². The van der Waals surface area contributed by atoms with Crippen LogP contribution in [0.1, 0.15) is 24.4 Å². The molecule has 0 saturated carbocycles. The first-order valence-corrected chi connectivity index (χ1v) is 9.64. The van der Waals surface area contributed by atoms with Crippen molar-refractivity contribution >= 4 is 49.1 Å². The minimum Gasteiger partial charge on any atom is -0.493 e. The highest BCUT2D eigenvalue weighted by Crippen LogP contribution is 2.38. The SMILES string of the molecule is COc1cc(/C=C(\C#N)c2nc3ccccc3s2)cc(Br)c1OC(C)C. The first-order valence-electron chi connectivity index (χ1n) is 8.03. The summed E-state index contributed by atoms with van der Waals surface area (Å²) in [5.41, 5.74) is 2.24. The average Bonchev–Trinajstić information content (AvgIpc) is 3.05. The fourth-order valence-electron chi connectivity index (χ4n) is 2.47. The number of hydrogen-bond donors (Lipinski definition) is 0. The maximum atomic E-state index is 9.62. The Morgan fingerprint density at radius 3 is 2.73 bits per heavy atom. The van der Waals surface area contributed by atoms with Crippen molar-refractivity contribution in [3.8, 4) is 17.6 Å². The van der Waals surface area contributed by atoms with Crippen LogP contribution in [0.5, 0.6) is 11.5 Å². The van der Waals surface area contributed by atoms with Gasteiger partial charge in [0.15, 0.2) is 11.5 Å². The molecule has 0 spiro atoms. The van der Waals surface area contributed by atoms with E-state index in [-0.39, 0.29) is 6.10 Å². The second-order valence-corrected chi connectivity index (χ2v) is 7.74. The Morgan fingerprint density at radius 2 is 2.08 bits per heavy atom. The van der Waals surface area contributed by atoms with E-state index in [0.29, 0.717) is 22.1 Å². The van der Waals surface area contributed by atoms with E-state index in [1.807, 2.05) is 56.3 Å². The second kappa shape index (κ2) is 7.90. The van der Waals surface area contributed by atoms with E-state index in [9.17, 15) is 5.26 Å². The molecule has 3 aromatic rings. The molecule has 0 aliphatic rings. The van der Waals surface area contributed by atoms with Crippen LogP contribution in [-0.2, 0) is 0 Å². The Labute approximate surface area is 164 Å². The van der Waals surface area contributed by atoms with Crippen molar-refractivity contribution in [1.82, 2.24) is 4.98 Å². The molecule has 0 unspecified atom stereocenters. The molecule has 0 fully saturated rings. The number of ether oxygens (including phenoxy) is 2. The van der Waals surface area contributed by atoms with Crippen LogP contribution in [-0.4, -0.2) is 18.2 Å². The highest BCUT2D eigenvalue weighted by molar-refractivity contribution is 9.10. The minimum atomic E-state index is 0.0269. The quantitative estimate of drug-likeness (QED) is 0.473. The number of nitriles is 1. The van der Waals surface area contributed by atoms with Gasteiger partial charge >= 0.3 is 0 Å². The van der Waals surface area contributed by atoms with Gasteiger partial charge in [-0.15, -0.1) is 11.3 Å². The number of thiazole rings is 1. The molecule has 0 bridgehead atoms. The lowest BCUT2D eigenvalue weighted by Gasteiger charge is -2.16. The predicted molar refractivity (Wildman–Crippen MR) is 110 cm³/mol. The van der Waals surface area contributed by atoms with Gasteiger partial charge < -0.3 is 9.47 Å². The van der Waals surface area contributed by atoms with E-state index in [1.54, 1.807) is 7.11 Å². The molecule has 0 atom stereocenters. The molecule has 0 N–H and O–H groups in total. The number of allylic oxidation sites excluding steroid dienone is 1. The van der Waals surface area contributed by atoms with Crippen LogP contribution in [0.3, 0.4) is 0 Å². The van der Waals surface area contributed by atoms with Crippen LogP contribution in [0, 0.1) is 11.3 Å². The first-order chi connectivity index (χ1) is 12.5. The third-order valence-electron chi connectivity index (χ3n) is 3.56. The molecule has 0 radical (unpaired) electrons. The van der Waals surface area contributed by atoms with Crippen molar-refractivity contribution in [2.24, 2.45) is 0 Å². The lowest BCUT2D eigenvalue weighted by Crippen LogP contribution is -2.07. The topological polar surface area (TPSA) is 55.1 Å². The molecule has 3 rings (SSSR count). The predicted octanol–water partition coefficient (Wildman–Crippen LogP) is 5.92. The molecule has 0 aliphatic heterocycles. The molecule has 26 heavy (non-hydrogen) atoms. The normalized spacial score (nSPS) is 11.6. The van der Waals surface area contributed by atoms with E-state index < -0.39 is 0 Å². The number of para-hydroxylation sites is 1. The molecule has 132 valence electrons. The smallest absolute Gasteiger partial charge is 0.175 e. The molecule has 0 aliphatic carbocycles. The lowest BCUT2D eigenvalue weighted by atomic mass is 10.1. The molecule has 4 nitrogen and oxygen atoms in total. The summed E-state index contributed by atoms with van der Waals surface area (Å²) in [5, 5.41) is 10.3. The van der Waals surface area contributed by atoms with Gasteiger partial charge in [-0.2, -0.15) is 5.26 Å². The summed E-state index contributed by atoms with van der Waals surface area (Å²) < 4.78 is 13.1. The Kier molecular flexibility index (Phi) is 5.60. The van der Waals surface area contributed by atoms with Gasteiger partial charge in [0.25, 0.3) is 0 Å². The third kappa shape index (κ3) is 3.90. The maximum Gasteiger partial charge on any atom is 0.175 e. The van der Waals surface area contributed by atoms with Gasteiger partial charge in [0, 0.05) is 0 Å². The van der Waals surface area contributed by atoms with Crippen molar-refractivity contribution < 1.29 is 9.47 Å². The molecule has 6 heteroatoms. The standard InChI is InChI=1S/C20H17BrN2O2S/c1-12(2)25-19-15(21)9-13(10-17(19)24-3)8-14(11-22)20-23-16-6-4-5-7-18(16)26-20/h4-10,12H,1-3H3/b14-8+. The van der Waals surface area contributed by atoms with Crippen LogP contribution in [0.15, 0.2) is 40.9 Å². The van der Waals surface area contributed by atoms with Gasteiger partial charge in [-0.3, -0.25) is 0 Å². The van der Waals surface area contributed by atoms with E-state index in [2.05, 4.69) is 27.0 Å². The fourth-order valence-corrected chi connectivity index (χ4v) is 3.95. The number of nitrogens with zero attached hydrogens (tertiary/aromatic N) is 2. The van der Waals surface area contributed by atoms with Gasteiger partial charge in [0.1, 0.15) is 11.1 Å². The molecule has 0 amide bonds. The Morgan fingerprint density at radius 1 is 1.31 bits per heavy atom. The zero-order chi connectivity index (χ0) is 18.7. The monoisotopic (exact) mass is 428 g/mol. The van der Waals surface area contributed by atoms with Crippen LogP contribution in [0.25, 0.3) is 21.9 Å². The van der Waals surface area contributed by atoms with Gasteiger partial charge in [-0.1, -0.05) is 12.1 Å². The summed E-state index contributed by atoms with van der Waals surface area (Å²) in [6.45, 7) is 3.92. The molecule has 2 aromatic carbocycles. The van der Waals surface area contributed by atoms with Crippen LogP contribution >= 0.6 is 27.3 Å². The summed E-state index contributed by atoms with van der Waals surface area (Å²) in [6.07, 6.45) is 1.84. The van der Waals surface area contributed by atoms with Crippen LogP contribution < -0.4 is 9.47 Å². The van der Waals surface area contributed by atoms with Gasteiger partial charge in [-0.25, -0.2) is 4.98 Å². The molecular weight excluding hydrogens is 412 g/mol. The van der Waals surface area contributed by atoms with Gasteiger partial charge in [-0.05, 0) is 65.7 Å². The summed E-state index contributed by atoms with van der Waals surface area (Å²) in [4.78, 5) is 4.56. The fraction of sp³-hybridized carbons (Fsp3) is 0.200. The molecule has 1 heterocycles. The van der Waals surface area contributed by atoms with Crippen LogP contribution in [0.2, 0.25) is 0 Å². The third-order valence-corrected chi connectivity index (χ3v) is 5.22. The van der Waals surface area contributed by atoms with Crippen molar-refractivity contribution in [3.63, 3.8) is 0 Å². The Hall–Kier alpha value is -2.36. The zero-order valence-corrected chi connectivity index (χ0v) is 17.0. The van der Waals surface area contributed by atoms with Crippen molar-refractivity contribution in [1.29, 1.82) is 5.26 Å². The van der Waals surface area contributed by atoms with Crippen molar-refractivity contribution in [3.05, 3.63) is 51.4 Å². The zero-order valence-electron chi connectivity index (χ0n) is 14.6. The summed E-state index contributed by atoms with van der Waals surface area (Å²) >= 11 is 5.04. The Balaban J connectivity index is 2.04. The lowest BCUT2D eigenvalue weighted by molar-refractivity contribution is 0.228. The number of rotatable bonds is 5. The number of methoxy groups -OCH3 is 1. The highest BCUT2D eigenvalue weighted by Gasteiger charge is 2.14. The number of fused-ring (bicyclic) bond motifs is 1. The van der Waals surface area contributed by atoms with E-state index in [0.717, 1.165) is 20.3 Å². The van der Waals surface area contributed by atoms with Crippen molar-refractivity contribution in [2.45, 2.75) is 20.0 Å². The highest BCUT2D eigenvalue weighted by atomic mass is 79.9. The summed E-state index contributed by atoms with van der Waals surface area (Å²) in [7, 11) is 1.60. The molecular formula is C20H17BrN2O2S. The van der Waals surface area contributed by atoms with Crippen molar-refractivity contribution in [2.75, 3.05) is 7.11 Å². The molecule has 1 aromatic heterocycles. The second-order valence-electron chi connectivity index (χ2n) is 5.86. The maximum absolute atomic E-state index is 9.62. The molecule has 0 saturated heterocycles. The Bertz CT molecular complexity index is 985. The summed E-state index contributed by atoms with van der Waals surface area (Å²) in [6, 6.07) is 13.9. The largest absolute Gasteiger partial charge is 0.493 e. The van der Waals surface area contributed by atoms with E-state index in [4.69, 9.17) is 9.47 Å². The average molecular weight is 429 g/mol. The van der Waals surface area contributed by atoms with E-state index in [1.165, 1.54) is 11.3 Å². The number of hydrogen-bond acceptors (Lipinski definition) is 5. The van der Waals surface area contributed by atoms with Gasteiger partial charge in [0.2, 0.25) is 0 Å². The van der Waals surface area contributed by atoms with Crippen LogP contribution in [0.4, 0.5) is 0 Å². The van der Waals surface area contributed by atoms with E-state index >= 15 is 0 Å². The number of halogens is 1. The first kappa shape index (κ1) is 18.4.